The zero-order chi connectivity index (χ0) is 54.2. The van der Waals surface area contributed by atoms with Gasteiger partial charge in [0.1, 0.15) is 0 Å². The fourth-order valence-corrected chi connectivity index (χ4v) is 11.0. The van der Waals surface area contributed by atoms with Crippen molar-refractivity contribution in [2.75, 3.05) is 39.3 Å². The van der Waals surface area contributed by atoms with E-state index in [9.17, 15) is 19.8 Å². The zero-order valence-electron chi connectivity index (χ0n) is 52.1. The first-order chi connectivity index (χ1) is 36.4. The van der Waals surface area contributed by atoms with Crippen molar-refractivity contribution in [3.05, 3.63) is 0 Å². The molecule has 0 spiro atoms. The van der Waals surface area contributed by atoms with Gasteiger partial charge >= 0.3 is 37.7 Å². The van der Waals surface area contributed by atoms with Crippen LogP contribution in [0.1, 0.15) is 387 Å². The molecular formula is C68H136CaN2O4. The standard InChI is InChI=1S/2C34H69NO2.Ca/c2*1-3-5-7-9-11-13-15-17-19-21-23-25-27-31-35(33-29-30-34(36)37)32-28-26-24-22-20-18-16-14-12-10-8-6-4-2;/h2*3-33H2,1-2H3,(H,36,37);/q;;+2/p-2. The minimum absolute atomic E-state index is 0. The van der Waals surface area contributed by atoms with Crippen LogP contribution in [0.3, 0.4) is 0 Å². The van der Waals surface area contributed by atoms with E-state index in [1.54, 1.807) is 0 Å². The van der Waals surface area contributed by atoms with Gasteiger partial charge in [-0.3, -0.25) is 0 Å². The fourth-order valence-electron chi connectivity index (χ4n) is 11.0. The van der Waals surface area contributed by atoms with Gasteiger partial charge in [0.2, 0.25) is 0 Å². The first kappa shape index (κ1) is 79.3. The summed E-state index contributed by atoms with van der Waals surface area (Å²) < 4.78 is 0. The van der Waals surface area contributed by atoms with E-state index in [1.807, 2.05) is 0 Å². The Morgan fingerprint density at radius 2 is 0.333 bits per heavy atom. The van der Waals surface area contributed by atoms with Crippen LogP contribution in [0.25, 0.3) is 0 Å². The van der Waals surface area contributed by atoms with Crippen molar-refractivity contribution >= 4 is 49.7 Å². The Morgan fingerprint density at radius 3 is 0.467 bits per heavy atom. The molecule has 0 saturated heterocycles. The minimum Gasteiger partial charge on any atom is -0.550 e. The number of carboxylic acids is 2. The predicted octanol–water partition coefficient (Wildman–Crippen LogP) is 19.6. The summed E-state index contributed by atoms with van der Waals surface area (Å²) in [5, 5.41) is 21.6. The van der Waals surface area contributed by atoms with E-state index in [4.69, 9.17) is 0 Å². The van der Waals surface area contributed by atoms with Crippen molar-refractivity contribution in [3.63, 3.8) is 0 Å². The quantitative estimate of drug-likeness (QED) is 0.0445. The maximum atomic E-state index is 10.8. The van der Waals surface area contributed by atoms with Crippen LogP contribution in [-0.2, 0) is 9.59 Å². The van der Waals surface area contributed by atoms with Crippen LogP contribution in [0.2, 0.25) is 0 Å². The molecule has 0 atom stereocenters. The molecule has 444 valence electrons. The summed E-state index contributed by atoms with van der Waals surface area (Å²) in [6, 6.07) is 0. The number of unbranched alkanes of at least 4 members (excludes halogenated alkanes) is 48. The van der Waals surface area contributed by atoms with E-state index >= 15 is 0 Å². The average molecular weight is 1090 g/mol. The largest absolute Gasteiger partial charge is 2.00 e. The van der Waals surface area contributed by atoms with Crippen LogP contribution in [0.5, 0.6) is 0 Å². The van der Waals surface area contributed by atoms with Crippen LogP contribution in [0, 0.1) is 0 Å². The topological polar surface area (TPSA) is 86.7 Å². The summed E-state index contributed by atoms with van der Waals surface area (Å²) in [6.07, 6.45) is 74.2. The zero-order valence-corrected chi connectivity index (χ0v) is 54.3. The van der Waals surface area contributed by atoms with E-state index in [-0.39, 0.29) is 50.6 Å². The van der Waals surface area contributed by atoms with Gasteiger partial charge < -0.3 is 29.6 Å². The molecule has 0 aromatic heterocycles. The minimum atomic E-state index is -0.901. The Morgan fingerprint density at radius 1 is 0.213 bits per heavy atom. The van der Waals surface area contributed by atoms with Gasteiger partial charge in [-0.1, -0.05) is 336 Å². The first-order valence-corrected chi connectivity index (χ1v) is 34.2. The Kier molecular flexibility index (Phi) is 76.3. The van der Waals surface area contributed by atoms with Gasteiger partial charge in [-0.2, -0.15) is 0 Å². The SMILES string of the molecule is CCCCCCCCCCCCCCCN(CCCCCCCCCCCCCCC)CCCC(=O)[O-].CCCCCCCCCCCCCCCN(CCCCCCCCCCCCCCC)CCCC(=O)[O-].[Ca+2]. The van der Waals surface area contributed by atoms with Crippen LogP contribution >= 0.6 is 0 Å². The van der Waals surface area contributed by atoms with Crippen molar-refractivity contribution in [1.82, 2.24) is 9.80 Å². The molecule has 75 heavy (non-hydrogen) atoms. The summed E-state index contributed by atoms with van der Waals surface area (Å²) in [6.45, 7) is 15.6. The Labute approximate surface area is 502 Å². The molecule has 0 aliphatic carbocycles. The van der Waals surface area contributed by atoms with Crippen molar-refractivity contribution in [3.8, 4) is 0 Å². The van der Waals surface area contributed by atoms with Crippen molar-refractivity contribution in [2.24, 2.45) is 0 Å². The molecule has 0 fully saturated rings. The third kappa shape index (κ3) is 74.1. The van der Waals surface area contributed by atoms with Crippen LogP contribution in [-0.4, -0.2) is 98.7 Å². The van der Waals surface area contributed by atoms with Crippen molar-refractivity contribution in [1.29, 1.82) is 0 Å². The number of hydrogen-bond donors (Lipinski definition) is 0. The summed E-state index contributed by atoms with van der Waals surface area (Å²) in [4.78, 5) is 26.7. The number of hydrogen-bond acceptors (Lipinski definition) is 6. The third-order valence-corrected chi connectivity index (χ3v) is 16.0. The Hall–Kier alpha value is 0.120. The van der Waals surface area contributed by atoms with E-state index in [0.717, 1.165) is 52.1 Å². The van der Waals surface area contributed by atoms with Crippen LogP contribution in [0.4, 0.5) is 0 Å². The molecule has 0 N–H and O–H groups in total. The van der Waals surface area contributed by atoms with E-state index < -0.39 is 11.9 Å². The molecule has 0 heterocycles. The number of nitrogens with zero attached hydrogens (tertiary/aromatic N) is 2. The molecule has 0 aliphatic heterocycles. The molecule has 7 heteroatoms. The van der Waals surface area contributed by atoms with Crippen molar-refractivity contribution < 1.29 is 19.8 Å². The van der Waals surface area contributed by atoms with Gasteiger partial charge in [0.05, 0.1) is 0 Å². The smallest absolute Gasteiger partial charge is 0.550 e. The Balaban J connectivity index is -0.00000136. The van der Waals surface area contributed by atoms with Crippen molar-refractivity contribution in [2.45, 2.75) is 387 Å². The third-order valence-electron chi connectivity index (χ3n) is 16.0. The monoisotopic (exact) mass is 1090 g/mol. The van der Waals surface area contributed by atoms with E-state index in [2.05, 4.69) is 37.5 Å². The molecule has 0 amide bonds. The molecular weight excluding hydrogens is 949 g/mol. The van der Waals surface area contributed by atoms with Gasteiger partial charge in [0.15, 0.2) is 0 Å². The van der Waals surface area contributed by atoms with Gasteiger partial charge in [-0.25, -0.2) is 0 Å². The number of carbonyl (C=O) groups excluding carboxylic acids is 2. The summed E-state index contributed by atoms with van der Waals surface area (Å²) >= 11 is 0. The second-order valence-corrected chi connectivity index (χ2v) is 23.6. The molecule has 6 nitrogen and oxygen atoms in total. The Bertz CT molecular complexity index is 907. The molecule has 0 aliphatic rings. The van der Waals surface area contributed by atoms with E-state index in [0.29, 0.717) is 0 Å². The number of carbonyl (C=O) groups is 2. The molecule has 0 rings (SSSR count). The van der Waals surface area contributed by atoms with Gasteiger partial charge in [-0.15, -0.1) is 0 Å². The van der Waals surface area contributed by atoms with Crippen LogP contribution in [0.15, 0.2) is 0 Å². The van der Waals surface area contributed by atoms with E-state index in [1.165, 1.54) is 334 Å². The normalized spacial score (nSPS) is 11.4. The van der Waals surface area contributed by atoms with Gasteiger partial charge in [-0.05, 0) is 90.6 Å². The average Bonchev–Trinajstić information content (AvgIpc) is 3.39. The van der Waals surface area contributed by atoms with Gasteiger partial charge in [0.25, 0.3) is 0 Å². The molecule has 0 aromatic rings. The van der Waals surface area contributed by atoms with Gasteiger partial charge in [0, 0.05) is 11.9 Å². The second-order valence-electron chi connectivity index (χ2n) is 23.6. The molecule has 0 radical (unpaired) electrons. The first-order valence-electron chi connectivity index (χ1n) is 34.2. The molecule has 0 unspecified atom stereocenters. The second kappa shape index (κ2) is 72.1. The maximum absolute atomic E-state index is 10.8. The summed E-state index contributed by atoms with van der Waals surface area (Å²) in [5.41, 5.74) is 0. The maximum Gasteiger partial charge on any atom is 2.00 e. The number of aliphatic carboxylic acids is 2. The molecule has 0 bridgehead atoms. The molecule has 0 saturated carbocycles. The summed E-state index contributed by atoms with van der Waals surface area (Å²) in [5.74, 6) is -1.80. The summed E-state index contributed by atoms with van der Waals surface area (Å²) in [7, 11) is 0. The predicted molar refractivity (Wildman–Crippen MR) is 330 cm³/mol. The molecule has 0 aromatic carbocycles. The number of rotatable bonds is 64. The number of carboxylic acid groups (broad SMARTS) is 2. The fraction of sp³-hybridized carbons (Fsp3) is 0.971. The van der Waals surface area contributed by atoms with Crippen LogP contribution < -0.4 is 10.2 Å².